The van der Waals surface area contributed by atoms with Gasteiger partial charge in [-0.1, -0.05) is 11.8 Å². The number of hydrogen-bond donors (Lipinski definition) is 0. The first-order valence-electron chi connectivity index (χ1n) is 4.72. The van der Waals surface area contributed by atoms with Gasteiger partial charge < -0.3 is 9.15 Å². The summed E-state index contributed by atoms with van der Waals surface area (Å²) in [4.78, 5) is 11.4. The van der Waals surface area contributed by atoms with Crippen LogP contribution in [0.3, 0.4) is 0 Å². The van der Waals surface area contributed by atoms with Gasteiger partial charge in [-0.15, -0.1) is 5.10 Å². The molecule has 90 valence electrons. The van der Waals surface area contributed by atoms with Crippen LogP contribution in [0.25, 0.3) is 0 Å². The molecule has 2 aromatic heterocycles. The molecule has 0 N–H and O–H groups in total. The van der Waals surface area contributed by atoms with Crippen molar-refractivity contribution in [3.8, 4) is 0 Å². The van der Waals surface area contributed by atoms with Crippen LogP contribution in [0.4, 0.5) is 0 Å². The smallest absolute Gasteiger partial charge is 0.341 e. The highest BCUT2D eigenvalue weighted by atomic mass is 32.2. The summed E-state index contributed by atoms with van der Waals surface area (Å²) < 4.78 is 11.4. The molecule has 2 rings (SSSR count). The molecule has 7 nitrogen and oxygen atoms in total. The van der Waals surface area contributed by atoms with E-state index in [2.05, 4.69) is 20.3 Å². The van der Waals surface area contributed by atoms with E-state index in [0.29, 0.717) is 22.2 Å². The molecule has 0 aliphatic carbocycles. The summed E-state index contributed by atoms with van der Waals surface area (Å²) in [6.45, 7) is 0. The Kier molecular flexibility index (Phi) is 3.43. The Morgan fingerprint density at radius 3 is 3.12 bits per heavy atom. The maximum Gasteiger partial charge on any atom is 0.341 e. The molecule has 0 aliphatic rings. The monoisotopic (exact) mass is 254 g/mol. The molecule has 2 heterocycles. The summed E-state index contributed by atoms with van der Waals surface area (Å²) in [5.41, 5.74) is 0.426. The van der Waals surface area contributed by atoms with Crippen molar-refractivity contribution in [2.75, 3.05) is 7.11 Å². The number of nitrogens with zero attached hydrogens (tertiary/aromatic N) is 4. The van der Waals surface area contributed by atoms with Crippen molar-refractivity contribution in [3.05, 3.63) is 23.7 Å². The topological polar surface area (TPSA) is 83.0 Å². The number of aromatic nitrogens is 4. The molecule has 0 aliphatic heterocycles. The van der Waals surface area contributed by atoms with Crippen LogP contribution in [0.5, 0.6) is 0 Å². The molecule has 0 unspecified atom stereocenters. The predicted octanol–water partition coefficient (Wildman–Crippen LogP) is 0.882. The Hall–Kier alpha value is -1.83. The van der Waals surface area contributed by atoms with E-state index >= 15 is 0 Å². The van der Waals surface area contributed by atoms with E-state index in [4.69, 9.17) is 4.42 Å². The molecular formula is C9H10N4O3S. The molecule has 0 spiro atoms. The molecular weight excluding hydrogens is 244 g/mol. The quantitative estimate of drug-likeness (QED) is 0.591. The van der Waals surface area contributed by atoms with Crippen LogP contribution in [0, 0.1) is 0 Å². The fourth-order valence-electron chi connectivity index (χ4n) is 1.22. The molecule has 0 saturated carbocycles. The summed E-state index contributed by atoms with van der Waals surface area (Å²) in [7, 11) is 3.07. The summed E-state index contributed by atoms with van der Waals surface area (Å²) in [5, 5.41) is 11.7. The lowest BCUT2D eigenvalue weighted by atomic mass is 10.3. The summed E-state index contributed by atoms with van der Waals surface area (Å²) >= 11 is 1.38. The standard InChI is InChI=1S/C9H10N4O3S/c1-13-9(10-11-12-13)17-5-7-6(3-4-16-7)8(14)15-2/h3-4H,5H2,1-2H3. The fraction of sp³-hybridized carbons (Fsp3) is 0.333. The van der Waals surface area contributed by atoms with Gasteiger partial charge in [-0.25, -0.2) is 9.48 Å². The van der Waals surface area contributed by atoms with Gasteiger partial charge in [0.1, 0.15) is 11.3 Å². The molecule has 0 saturated heterocycles. The van der Waals surface area contributed by atoms with Crippen LogP contribution >= 0.6 is 11.8 Å². The molecule has 0 amide bonds. The van der Waals surface area contributed by atoms with Gasteiger partial charge in [0.15, 0.2) is 0 Å². The molecule has 0 fully saturated rings. The number of thioether (sulfide) groups is 1. The maximum absolute atomic E-state index is 11.4. The number of furan rings is 1. The number of methoxy groups -OCH3 is 1. The van der Waals surface area contributed by atoms with Crippen LogP contribution in [-0.2, 0) is 17.5 Å². The number of carbonyl (C=O) groups excluding carboxylic acids is 1. The lowest BCUT2D eigenvalue weighted by molar-refractivity contribution is 0.0598. The third-order valence-corrected chi connectivity index (χ3v) is 3.07. The number of rotatable bonds is 4. The SMILES string of the molecule is COC(=O)c1ccoc1CSc1nnnn1C. The van der Waals surface area contributed by atoms with Crippen molar-refractivity contribution in [2.24, 2.45) is 7.05 Å². The first-order chi connectivity index (χ1) is 8.22. The van der Waals surface area contributed by atoms with Crippen LogP contribution in [0.2, 0.25) is 0 Å². The Labute approximate surface area is 101 Å². The average molecular weight is 254 g/mol. The van der Waals surface area contributed by atoms with Crippen molar-refractivity contribution >= 4 is 17.7 Å². The van der Waals surface area contributed by atoms with Crippen LogP contribution in [-0.4, -0.2) is 33.3 Å². The zero-order valence-electron chi connectivity index (χ0n) is 9.28. The number of aryl methyl sites for hydroxylation is 1. The number of esters is 1. The number of hydrogen-bond acceptors (Lipinski definition) is 7. The first kappa shape index (κ1) is 11.6. The van der Waals surface area contributed by atoms with E-state index in [9.17, 15) is 4.79 Å². The van der Waals surface area contributed by atoms with Gasteiger partial charge in [0, 0.05) is 7.05 Å². The van der Waals surface area contributed by atoms with E-state index in [1.807, 2.05) is 0 Å². The summed E-state index contributed by atoms with van der Waals surface area (Å²) in [6.07, 6.45) is 1.46. The average Bonchev–Trinajstić information content (AvgIpc) is 2.94. The Morgan fingerprint density at radius 1 is 1.65 bits per heavy atom. The highest BCUT2D eigenvalue weighted by molar-refractivity contribution is 7.98. The zero-order valence-corrected chi connectivity index (χ0v) is 10.1. The molecule has 0 atom stereocenters. The first-order valence-corrected chi connectivity index (χ1v) is 5.70. The van der Waals surface area contributed by atoms with E-state index in [1.54, 1.807) is 17.8 Å². The number of tetrazole rings is 1. The van der Waals surface area contributed by atoms with Crippen molar-refractivity contribution in [1.29, 1.82) is 0 Å². The highest BCUT2D eigenvalue weighted by Crippen LogP contribution is 2.22. The predicted molar refractivity (Wildman–Crippen MR) is 58.4 cm³/mol. The third-order valence-electron chi connectivity index (χ3n) is 2.06. The van der Waals surface area contributed by atoms with Crippen molar-refractivity contribution in [2.45, 2.75) is 10.9 Å². The van der Waals surface area contributed by atoms with Crippen LogP contribution in [0.1, 0.15) is 16.1 Å². The van der Waals surface area contributed by atoms with Crippen LogP contribution in [0.15, 0.2) is 21.9 Å². The van der Waals surface area contributed by atoms with E-state index < -0.39 is 5.97 Å². The second-order valence-electron chi connectivity index (χ2n) is 3.12. The van der Waals surface area contributed by atoms with E-state index in [-0.39, 0.29) is 0 Å². The normalized spacial score (nSPS) is 10.5. The van der Waals surface area contributed by atoms with Crippen molar-refractivity contribution < 1.29 is 13.9 Å². The lowest BCUT2D eigenvalue weighted by Gasteiger charge is -2.00. The molecule has 0 aromatic carbocycles. The third kappa shape index (κ3) is 2.47. The molecule has 0 radical (unpaired) electrons. The Morgan fingerprint density at radius 2 is 2.47 bits per heavy atom. The van der Waals surface area contributed by atoms with E-state index in [0.717, 1.165) is 0 Å². The van der Waals surface area contributed by atoms with Gasteiger partial charge in [-0.05, 0) is 16.5 Å². The zero-order chi connectivity index (χ0) is 12.3. The minimum atomic E-state index is -0.412. The minimum absolute atomic E-state index is 0.412. The number of carbonyl (C=O) groups is 1. The largest absolute Gasteiger partial charge is 0.468 e. The van der Waals surface area contributed by atoms with Crippen molar-refractivity contribution in [3.63, 3.8) is 0 Å². The van der Waals surface area contributed by atoms with Crippen LogP contribution < -0.4 is 0 Å². The minimum Gasteiger partial charge on any atom is -0.468 e. The second kappa shape index (κ2) is 5.00. The van der Waals surface area contributed by atoms with Gasteiger partial charge in [0.2, 0.25) is 5.16 Å². The van der Waals surface area contributed by atoms with Gasteiger partial charge >= 0.3 is 5.97 Å². The fourth-order valence-corrected chi connectivity index (χ4v) is 2.02. The Balaban J connectivity index is 2.07. The van der Waals surface area contributed by atoms with Gasteiger partial charge in [-0.3, -0.25) is 0 Å². The maximum atomic E-state index is 11.4. The molecule has 17 heavy (non-hydrogen) atoms. The lowest BCUT2D eigenvalue weighted by Crippen LogP contribution is -2.02. The van der Waals surface area contributed by atoms with Gasteiger partial charge in [0.05, 0.1) is 19.1 Å². The highest BCUT2D eigenvalue weighted by Gasteiger charge is 2.16. The molecule has 2 aromatic rings. The molecule has 8 heteroatoms. The Bertz CT molecular complexity index is 522. The second-order valence-corrected chi connectivity index (χ2v) is 4.07. The number of ether oxygens (including phenoxy) is 1. The van der Waals surface area contributed by atoms with Gasteiger partial charge in [0.25, 0.3) is 0 Å². The van der Waals surface area contributed by atoms with Gasteiger partial charge in [-0.2, -0.15) is 0 Å². The summed E-state index contributed by atoms with van der Waals surface area (Å²) in [5.74, 6) is 0.598. The van der Waals surface area contributed by atoms with E-state index in [1.165, 1.54) is 25.1 Å². The summed E-state index contributed by atoms with van der Waals surface area (Å²) in [6, 6.07) is 1.58. The van der Waals surface area contributed by atoms with Crippen molar-refractivity contribution in [1.82, 2.24) is 20.2 Å². The molecule has 0 bridgehead atoms.